The number of allylic oxidation sites excluding steroid dienone is 6. The maximum atomic E-state index is 15.1. The molecule has 3 aliphatic heterocycles. The Labute approximate surface area is 757 Å². The summed E-state index contributed by atoms with van der Waals surface area (Å²) in [7, 11) is 3.16. The van der Waals surface area contributed by atoms with Crippen LogP contribution < -0.4 is 33.2 Å². The van der Waals surface area contributed by atoms with Crippen LogP contribution in [0.3, 0.4) is 0 Å². The molecule has 2 bridgehead atoms. The van der Waals surface area contributed by atoms with E-state index < -0.39 is 102 Å². The topological polar surface area (TPSA) is 512 Å². The van der Waals surface area contributed by atoms with Gasteiger partial charge in [0.1, 0.15) is 66.6 Å². The van der Waals surface area contributed by atoms with Gasteiger partial charge in [0, 0.05) is 102 Å². The number of methoxy groups -OCH3 is 2. The number of oxime groups is 1. The van der Waals surface area contributed by atoms with E-state index in [0.29, 0.717) is 149 Å². The van der Waals surface area contributed by atoms with Crippen molar-refractivity contribution in [1.29, 1.82) is 0 Å². The van der Waals surface area contributed by atoms with Gasteiger partial charge in [0.05, 0.1) is 108 Å². The first-order valence-electron chi connectivity index (χ1n) is 45.2. The highest BCUT2D eigenvalue weighted by atomic mass is 16.6. The highest BCUT2D eigenvalue weighted by Gasteiger charge is 2.53. The lowest BCUT2D eigenvalue weighted by molar-refractivity contribution is -0.265. The van der Waals surface area contributed by atoms with Crippen molar-refractivity contribution in [3.63, 3.8) is 0 Å². The molecule has 7 heterocycles. The van der Waals surface area contributed by atoms with E-state index in [9.17, 15) is 44.1 Å². The van der Waals surface area contributed by atoms with Crippen molar-refractivity contribution in [2.24, 2.45) is 40.5 Å². The first-order valence-corrected chi connectivity index (χ1v) is 45.2. The Morgan fingerprint density at radius 1 is 0.746 bits per heavy atom. The van der Waals surface area contributed by atoms with Gasteiger partial charge < -0.3 is 110 Å². The molecule has 0 unspecified atom stereocenters. The summed E-state index contributed by atoms with van der Waals surface area (Å²) < 4.78 is 67.1. The Balaban J connectivity index is 0.619. The molecule has 3 fully saturated rings. The van der Waals surface area contributed by atoms with Gasteiger partial charge in [-0.25, -0.2) is 28.9 Å². The minimum absolute atomic E-state index is 0.0123. The number of carbonyl (C=O) groups excluding carboxylic acids is 7. The van der Waals surface area contributed by atoms with Crippen molar-refractivity contribution in [3.05, 3.63) is 120 Å². The maximum Gasteiger partial charge on any atom is 0.407 e. The number of carbonyl (C=O) groups is 7. The molecular weight excluding hydrogens is 1680 g/mol. The molecule has 38 nitrogen and oxygen atoms in total. The van der Waals surface area contributed by atoms with Crippen molar-refractivity contribution in [2.45, 2.75) is 225 Å². The molecule has 1 saturated carbocycles. The van der Waals surface area contributed by atoms with Crippen LogP contribution in [-0.4, -0.2) is 268 Å². The maximum absolute atomic E-state index is 15.1. The minimum atomic E-state index is -2.51. The third-order valence-corrected chi connectivity index (χ3v) is 24.0. The number of piperidine rings is 1. The van der Waals surface area contributed by atoms with Crippen molar-refractivity contribution in [1.82, 2.24) is 60.6 Å². The SMILES string of the molecule is CO[C@H]1C[C@@H]2CC[C@@H](C)[C@@](O)(O2)C(=O)C(=O)N2CCCC[C@H]2C(=O)O[C@H]([C@H](N)C[C@@H]2CC[C@H](n3cc(COC(=O)NCCOCCOCCOCCC(=O)NCCOCCOCCC(=O)NCCCCn4nc(-c5ccc6oc(N)nc6c5)c5c(N)ncnc54)nn3)[C@H](OC)C2)C/C(=N/OCc2ccccc2)[C@H](C)/C=C(\C)[C@@H](O)[C@@H](O)C(=O)[C@H](C)C[C@H](C)/C=C/C=C/C=C/1C. The molecule has 4 aliphatic rings. The van der Waals surface area contributed by atoms with Crippen LogP contribution in [0, 0.1) is 29.6 Å². The normalized spacial score (nSPS) is 26.3. The number of aliphatic hydroxyl groups is 3. The van der Waals surface area contributed by atoms with Gasteiger partial charge in [-0.1, -0.05) is 105 Å². The lowest BCUT2D eigenvalue weighted by atomic mass is 9.79. The van der Waals surface area contributed by atoms with E-state index in [-0.39, 0.29) is 153 Å². The Hall–Kier alpha value is -10.4. The van der Waals surface area contributed by atoms with Gasteiger partial charge in [-0.15, -0.1) is 5.10 Å². The van der Waals surface area contributed by atoms with Crippen LogP contribution in [0.1, 0.15) is 162 Å². The number of amides is 4. The molecule has 2 aromatic carbocycles. The quantitative estimate of drug-likeness (QED) is 0.00592. The zero-order valence-electron chi connectivity index (χ0n) is 76.0. The highest BCUT2D eigenvalue weighted by Crippen LogP contribution is 2.40. The molecule has 0 radical (unpaired) electrons. The molecule has 15 atom stereocenters. The van der Waals surface area contributed by atoms with E-state index in [1.807, 2.05) is 86.7 Å². The van der Waals surface area contributed by atoms with Gasteiger partial charge in [-0.2, -0.15) is 10.1 Å². The van der Waals surface area contributed by atoms with Crippen molar-refractivity contribution in [2.75, 3.05) is 118 Å². The average Bonchev–Trinajstić information content (AvgIpc) is 1.67. The molecule has 6 aromatic rings. The van der Waals surface area contributed by atoms with Gasteiger partial charge >= 0.3 is 12.1 Å². The summed E-state index contributed by atoms with van der Waals surface area (Å²) in [5.74, 6) is -8.44. The van der Waals surface area contributed by atoms with Crippen LogP contribution >= 0.6 is 0 Å². The smallest absolute Gasteiger partial charge is 0.407 e. The number of nitrogens with two attached hydrogens (primary N) is 3. The van der Waals surface area contributed by atoms with Crippen LogP contribution in [0.5, 0.6) is 0 Å². The summed E-state index contributed by atoms with van der Waals surface area (Å²) in [6, 6.07) is 12.4. The van der Waals surface area contributed by atoms with Gasteiger partial charge in [-0.3, -0.25) is 24.0 Å². The van der Waals surface area contributed by atoms with Gasteiger partial charge in [0.25, 0.3) is 17.7 Å². The summed E-state index contributed by atoms with van der Waals surface area (Å²) >= 11 is 0. The molecule has 0 spiro atoms. The number of benzene rings is 2. The number of anilines is 2. The van der Waals surface area contributed by atoms with E-state index in [2.05, 4.69) is 46.4 Å². The molecular formula is C92H132N16O22. The summed E-state index contributed by atoms with van der Waals surface area (Å²) in [4.78, 5) is 116. The number of ether oxygens (including phenoxy) is 10. The van der Waals surface area contributed by atoms with Crippen LogP contribution in [0.2, 0.25) is 0 Å². The Morgan fingerprint density at radius 2 is 1.45 bits per heavy atom. The first-order chi connectivity index (χ1) is 62.7. The number of hydrogen-bond donors (Lipinski definition) is 9. The number of esters is 1. The van der Waals surface area contributed by atoms with Crippen LogP contribution in [0.15, 0.2) is 118 Å². The molecule has 712 valence electrons. The number of hydrogen-bond acceptors (Lipinski definition) is 32. The second-order valence-electron chi connectivity index (χ2n) is 33.9. The number of nitrogens with one attached hydrogen (secondary N) is 3. The van der Waals surface area contributed by atoms with Crippen molar-refractivity contribution in [3.8, 4) is 11.3 Å². The van der Waals surface area contributed by atoms with E-state index in [1.165, 1.54) is 11.2 Å². The molecule has 38 heteroatoms. The Bertz CT molecular complexity index is 4790. The second-order valence-corrected chi connectivity index (χ2v) is 33.9. The van der Waals surface area contributed by atoms with Crippen molar-refractivity contribution < 1.29 is 106 Å². The van der Waals surface area contributed by atoms with E-state index >= 15 is 4.79 Å². The third-order valence-electron chi connectivity index (χ3n) is 24.0. The van der Waals surface area contributed by atoms with Crippen LogP contribution in [0.25, 0.3) is 33.4 Å². The standard InChI is InChI=1S/C92H132N16O22/c1-58-19-11-9-12-20-59(2)75(119-7)52-68-27-24-63(6)92(118,130-68)85(114)88(115)106-35-17-15-23-73(106)89(116)128-76(53-70(104-127-55-64-21-13-10-14-22-64)60(3)48-62(5)83(112)84(113)82(111)61(4)47-58)69(93)49-65-25-28-72(77(50-65)120-8)108-54-67(102-105-108)56-126-91(117)98-34-40-124-44-46-125-45-42-122-38-31-79(110)97-33-39-123-43-41-121-37-30-78(109)96-32-16-18-36-107-87-80(86(94)99-57-100-87)81(103-107)66-26-29-74-71(51-66)101-90(95)129-74/h9-14,19-22,26,29,48,51,54,57-58,60-61,63,65,68-69,72-73,75-77,83-84,112-113,118H,15-18,23-25,27-28,30-47,49-50,52-53,55-56,93H2,1-8H3,(H2,95,101)(H,96,109)(H,97,110)(H,98,117)(H2,94,99,100)/b12-9+,19-11+,59-20+,62-48+,104-70-/t58-,60-,61-,63-,65+,68+,69-,72+,73+,75+,76+,77-,83-,84+,92-/m1/s1. The third kappa shape index (κ3) is 30.3. The number of nitrogens with zero attached hydrogens (tertiary/aromatic N) is 10. The Kier molecular flexibility index (Phi) is 40.7. The predicted octanol–water partition coefficient (Wildman–Crippen LogP) is 7.61. The summed E-state index contributed by atoms with van der Waals surface area (Å²) in [6.07, 6.45) is 13.6. The van der Waals surface area contributed by atoms with Gasteiger partial charge in [0.15, 0.2) is 17.0 Å². The lowest BCUT2D eigenvalue weighted by Crippen LogP contribution is -2.61. The fraction of sp³-hybridized carbons (Fsp3) is 0.609. The van der Waals surface area contributed by atoms with Crippen LogP contribution in [-0.2, 0) is 101 Å². The summed E-state index contributed by atoms with van der Waals surface area (Å²) in [6.45, 7) is 14.6. The highest BCUT2D eigenvalue weighted by molar-refractivity contribution is 6.39. The number of oxazole rings is 1. The number of rotatable bonds is 38. The zero-order valence-corrected chi connectivity index (χ0v) is 76.0. The molecule has 4 amide bonds. The van der Waals surface area contributed by atoms with E-state index in [4.69, 9.17) is 78.9 Å². The fourth-order valence-corrected chi connectivity index (χ4v) is 16.6. The minimum Gasteiger partial charge on any atom is -0.459 e. The molecule has 10 rings (SSSR count). The number of Topliss-reactive ketones (excluding diaryl/α,β-unsaturated/α-hetero) is 2. The summed E-state index contributed by atoms with van der Waals surface area (Å²) in [5.41, 5.74) is 25.1. The van der Waals surface area contributed by atoms with E-state index in [1.54, 1.807) is 69.6 Å². The Morgan fingerprint density at radius 3 is 2.18 bits per heavy atom. The molecule has 4 aromatic heterocycles. The number of aromatic nitrogens is 8. The molecule has 2 saturated heterocycles. The molecule has 1 aliphatic carbocycles. The fourth-order valence-electron chi connectivity index (χ4n) is 16.6. The molecule has 12 N–H and O–H groups in total. The lowest BCUT2D eigenvalue weighted by Gasteiger charge is -2.42. The number of cyclic esters (lactones) is 1. The number of alkyl carbamates (subject to hydrolysis) is 1. The predicted molar refractivity (Wildman–Crippen MR) is 480 cm³/mol. The number of ketones is 2. The largest absolute Gasteiger partial charge is 0.459 e. The first kappa shape index (κ1) is 102. The zero-order chi connectivity index (χ0) is 93.1. The summed E-state index contributed by atoms with van der Waals surface area (Å²) in [5, 5.41) is 62.6. The molecule has 130 heavy (non-hydrogen) atoms. The number of unbranched alkanes of at least 4 members (excludes halogenated alkanes) is 1. The number of nitrogen functional groups attached to an aromatic ring is 2. The van der Waals surface area contributed by atoms with Gasteiger partial charge in [-0.05, 0) is 138 Å². The monoisotopic (exact) mass is 1810 g/mol. The van der Waals surface area contributed by atoms with E-state index in [0.717, 1.165) is 16.7 Å². The average molecular weight is 1810 g/mol. The number of aliphatic hydroxyl groups excluding tert-OH is 2. The van der Waals surface area contributed by atoms with Crippen molar-refractivity contribution >= 4 is 81.0 Å². The number of aryl methyl sites for hydroxylation is 1. The second kappa shape index (κ2) is 52.0. The van der Waals surface area contributed by atoms with Crippen LogP contribution in [0.4, 0.5) is 16.6 Å². The number of fused-ring (bicyclic) bond motifs is 5. The van der Waals surface area contributed by atoms with Gasteiger partial charge in [0.2, 0.25) is 17.6 Å².